The van der Waals surface area contributed by atoms with Crippen molar-refractivity contribution in [3.05, 3.63) is 75.8 Å². The number of nitrogens with two attached hydrogens (primary N) is 3. The first kappa shape index (κ1) is 35.1. The van der Waals surface area contributed by atoms with Crippen LogP contribution in [0.15, 0.2) is 58.9 Å². The maximum Gasteiger partial charge on any atom is 0.323 e. The van der Waals surface area contributed by atoms with Gasteiger partial charge in [-0.3, -0.25) is 9.59 Å². The van der Waals surface area contributed by atoms with Crippen molar-refractivity contribution in [2.75, 3.05) is 18.9 Å². The summed E-state index contributed by atoms with van der Waals surface area (Å²) in [6.07, 6.45) is 0.0863. The van der Waals surface area contributed by atoms with Gasteiger partial charge in [0.1, 0.15) is 58.6 Å². The van der Waals surface area contributed by atoms with E-state index in [2.05, 4.69) is 22.1 Å². The molecule has 1 amide bonds. The van der Waals surface area contributed by atoms with Crippen molar-refractivity contribution in [1.82, 2.24) is 9.97 Å². The number of pyridine rings is 1. The number of amides is 1. The van der Waals surface area contributed by atoms with E-state index in [0.29, 0.717) is 32.7 Å². The summed E-state index contributed by atoms with van der Waals surface area (Å²) >= 11 is 8.79. The highest BCUT2D eigenvalue weighted by molar-refractivity contribution is 7.98. The second-order valence-electron chi connectivity index (χ2n) is 9.24. The lowest BCUT2D eigenvalue weighted by Crippen LogP contribution is -2.34. The Bertz CT molecular complexity index is 1740. The number of thioether (sulfide) groups is 1. The fraction of sp³-hybridized carbons (Fsp3) is 0.200. The van der Waals surface area contributed by atoms with Crippen molar-refractivity contribution in [2.24, 2.45) is 11.5 Å². The molecule has 2 heterocycles. The molecule has 4 aromatic rings. The molecule has 0 aliphatic carbocycles. The predicted molar refractivity (Wildman–Crippen MR) is 176 cm³/mol. The Hall–Kier alpha value is -4.37. The molecule has 0 aliphatic rings. The van der Waals surface area contributed by atoms with Gasteiger partial charge in [0.25, 0.3) is 0 Å². The molecule has 4 rings (SSSR count). The Labute approximate surface area is 278 Å². The number of hydrogen-bond acceptors (Lipinski definition) is 12. The third-order valence-corrected chi connectivity index (χ3v) is 8.36. The number of rotatable bonds is 13. The van der Waals surface area contributed by atoms with Crippen molar-refractivity contribution in [3.8, 4) is 39.6 Å². The number of carbonyl (C=O) groups is 2. The molecule has 15 heteroatoms. The summed E-state index contributed by atoms with van der Waals surface area (Å²) in [5, 5.41) is 23.8. The molecule has 0 aliphatic heterocycles. The Kier molecular flexibility index (Phi) is 13.0. The van der Waals surface area contributed by atoms with Gasteiger partial charge in [0.2, 0.25) is 5.91 Å². The second kappa shape index (κ2) is 16.6. The average molecular weight is 685 g/mol. The molecule has 0 radical (unpaired) electrons. The normalized spacial score (nSPS) is 11.0. The summed E-state index contributed by atoms with van der Waals surface area (Å²) in [5.41, 5.74) is 19.9. The molecule has 45 heavy (non-hydrogen) atoms. The van der Waals surface area contributed by atoms with Gasteiger partial charge in [-0.25, -0.2) is 9.97 Å². The first-order valence-electron chi connectivity index (χ1n) is 13.1. The second-order valence-corrected chi connectivity index (χ2v) is 11.5. The minimum Gasteiger partial charge on any atom is -0.490 e. The number of carbonyl (C=O) groups excluding carboxylic acids is 2. The first-order chi connectivity index (χ1) is 21.2. The molecule has 0 spiro atoms. The van der Waals surface area contributed by atoms with E-state index in [1.165, 1.54) is 23.1 Å². The lowest BCUT2D eigenvalue weighted by atomic mass is 9.97. The number of aromatic nitrogens is 2. The lowest BCUT2D eigenvalue weighted by Gasteiger charge is -2.14. The molecule has 0 fully saturated rings. The number of benzene rings is 2. The van der Waals surface area contributed by atoms with Gasteiger partial charge in [-0.05, 0) is 36.2 Å². The van der Waals surface area contributed by atoms with Crippen LogP contribution in [0.2, 0.25) is 5.02 Å². The molecule has 232 valence electrons. The highest BCUT2D eigenvalue weighted by Crippen LogP contribution is 2.37. The molecular formula is C30H27Cl2N7O4S2. The number of nitriles is 2. The smallest absolute Gasteiger partial charge is 0.323 e. The van der Waals surface area contributed by atoms with E-state index in [0.717, 1.165) is 16.3 Å². The summed E-state index contributed by atoms with van der Waals surface area (Å²) in [5.74, 6) is -0.284. The van der Waals surface area contributed by atoms with Crippen molar-refractivity contribution >= 4 is 64.8 Å². The largest absolute Gasteiger partial charge is 0.490 e. The zero-order valence-corrected chi connectivity index (χ0v) is 26.8. The Morgan fingerprint density at radius 2 is 1.67 bits per heavy atom. The maximum atomic E-state index is 11.9. The van der Waals surface area contributed by atoms with Crippen LogP contribution in [-0.4, -0.2) is 41.1 Å². The van der Waals surface area contributed by atoms with Crippen LogP contribution in [0, 0.1) is 22.7 Å². The molecule has 0 unspecified atom stereocenters. The molecule has 0 saturated carbocycles. The SMILES string of the molecule is Cl.N#Cc1c(N)nc(SCc2csc(-c3ccc(Cl)cc3)n2)c(C#N)c1-c1ccc(OCCOC(=O)[C@@H](N)CCC(N)=O)cc1. The van der Waals surface area contributed by atoms with Gasteiger partial charge in [0, 0.05) is 33.7 Å². The number of hydrogen-bond donors (Lipinski definition) is 3. The van der Waals surface area contributed by atoms with Gasteiger partial charge in [0.15, 0.2) is 0 Å². The Balaban J connectivity index is 0.00000552. The summed E-state index contributed by atoms with van der Waals surface area (Å²) in [6, 6.07) is 17.5. The van der Waals surface area contributed by atoms with Crippen molar-refractivity contribution in [1.29, 1.82) is 10.5 Å². The van der Waals surface area contributed by atoms with E-state index >= 15 is 0 Å². The average Bonchev–Trinajstić information content (AvgIpc) is 3.50. The van der Waals surface area contributed by atoms with Crippen LogP contribution in [0.5, 0.6) is 5.75 Å². The zero-order chi connectivity index (χ0) is 31.6. The topological polar surface area (TPSA) is 204 Å². The minimum absolute atomic E-state index is 0. The number of thiazole rings is 1. The van der Waals surface area contributed by atoms with Crippen LogP contribution in [0.1, 0.15) is 29.7 Å². The lowest BCUT2D eigenvalue weighted by molar-refractivity contribution is -0.146. The van der Waals surface area contributed by atoms with E-state index in [9.17, 15) is 20.1 Å². The molecular weight excluding hydrogens is 657 g/mol. The quantitative estimate of drug-likeness (QED) is 0.0962. The van der Waals surface area contributed by atoms with Crippen LogP contribution in [0.4, 0.5) is 5.82 Å². The van der Waals surface area contributed by atoms with Crippen molar-refractivity contribution < 1.29 is 19.1 Å². The minimum atomic E-state index is -0.949. The molecule has 1 atom stereocenters. The van der Waals surface area contributed by atoms with Crippen LogP contribution >= 0.6 is 47.1 Å². The zero-order valence-electron chi connectivity index (χ0n) is 23.6. The van der Waals surface area contributed by atoms with Crippen LogP contribution in [0.3, 0.4) is 0 Å². The molecule has 2 aromatic carbocycles. The van der Waals surface area contributed by atoms with Crippen molar-refractivity contribution in [2.45, 2.75) is 29.7 Å². The number of nitrogens with zero attached hydrogens (tertiary/aromatic N) is 4. The van der Waals surface area contributed by atoms with Gasteiger partial charge >= 0.3 is 5.97 Å². The standard InChI is InChI=1S/C30H26ClN7O4S2.ClH/c31-19-5-1-18(2-6-19)28-37-20(15-43-28)16-44-29-23(14-33)26(22(13-32)27(36)38-29)17-3-7-21(8-4-17)41-11-12-42-30(40)24(34)9-10-25(35)39;/h1-8,15,24H,9-12,16,34H2,(H2,35,39)(H2,36,38);1H/t24-;/m0./s1. The first-order valence-corrected chi connectivity index (χ1v) is 15.3. The van der Waals surface area contributed by atoms with Crippen LogP contribution in [-0.2, 0) is 20.1 Å². The summed E-state index contributed by atoms with van der Waals surface area (Å²) < 4.78 is 10.7. The monoisotopic (exact) mass is 683 g/mol. The predicted octanol–water partition coefficient (Wildman–Crippen LogP) is 5.08. The molecule has 11 nitrogen and oxygen atoms in total. The van der Waals surface area contributed by atoms with Gasteiger partial charge < -0.3 is 26.7 Å². The van der Waals surface area contributed by atoms with Crippen LogP contribution in [0.25, 0.3) is 21.7 Å². The fourth-order valence-corrected chi connectivity index (χ4v) is 5.92. The highest BCUT2D eigenvalue weighted by atomic mass is 35.5. The van der Waals surface area contributed by atoms with E-state index in [1.54, 1.807) is 36.4 Å². The van der Waals surface area contributed by atoms with Crippen LogP contribution < -0.4 is 21.9 Å². The summed E-state index contributed by atoms with van der Waals surface area (Å²) in [7, 11) is 0. The van der Waals surface area contributed by atoms with Crippen molar-refractivity contribution in [3.63, 3.8) is 0 Å². The van der Waals surface area contributed by atoms with Gasteiger partial charge in [-0.15, -0.1) is 23.7 Å². The number of anilines is 1. The maximum absolute atomic E-state index is 11.9. The molecule has 6 N–H and O–H groups in total. The molecule has 2 aromatic heterocycles. The molecule has 0 bridgehead atoms. The van der Waals surface area contributed by atoms with E-state index in [1.807, 2.05) is 17.5 Å². The number of halogens is 2. The number of nitrogen functional groups attached to an aromatic ring is 1. The third kappa shape index (κ3) is 9.31. The highest BCUT2D eigenvalue weighted by Gasteiger charge is 2.21. The van der Waals surface area contributed by atoms with Gasteiger partial charge in [-0.2, -0.15) is 10.5 Å². The number of ether oxygens (including phenoxy) is 2. The number of primary amides is 1. The van der Waals surface area contributed by atoms with Gasteiger partial charge in [-0.1, -0.05) is 47.6 Å². The van der Waals surface area contributed by atoms with E-state index in [-0.39, 0.29) is 55.4 Å². The summed E-state index contributed by atoms with van der Waals surface area (Å²) in [6.45, 7) is 0.00350. The molecule has 0 saturated heterocycles. The van der Waals surface area contributed by atoms with Gasteiger partial charge in [0.05, 0.1) is 11.3 Å². The Morgan fingerprint density at radius 1 is 1.00 bits per heavy atom. The fourth-order valence-electron chi connectivity index (χ4n) is 3.97. The van der Waals surface area contributed by atoms with E-state index in [4.69, 9.17) is 38.3 Å². The third-order valence-electron chi connectivity index (χ3n) is 6.16. The van der Waals surface area contributed by atoms with E-state index < -0.39 is 17.9 Å². The Morgan fingerprint density at radius 3 is 2.31 bits per heavy atom. The number of esters is 1. The summed E-state index contributed by atoms with van der Waals surface area (Å²) in [4.78, 5) is 31.8.